The third-order valence-corrected chi connectivity index (χ3v) is 4.59. The van der Waals surface area contributed by atoms with Crippen LogP contribution in [0.15, 0.2) is 28.7 Å². The lowest BCUT2D eigenvalue weighted by atomic mass is 9.72. The molecule has 0 amide bonds. The molecule has 0 radical (unpaired) electrons. The van der Waals surface area contributed by atoms with Crippen LogP contribution in [0.1, 0.15) is 38.5 Å². The second kappa shape index (κ2) is 6.58. The maximum Gasteiger partial charge on any atom is 0.119 e. The molecular weight excluding hydrogens is 290 g/mol. The van der Waals surface area contributed by atoms with Gasteiger partial charge in [-0.15, -0.1) is 0 Å². The molecule has 1 saturated carbocycles. The van der Waals surface area contributed by atoms with Crippen molar-refractivity contribution in [2.24, 2.45) is 11.1 Å². The number of hydrogen-bond acceptors (Lipinski definition) is 2. The van der Waals surface area contributed by atoms with Gasteiger partial charge in [0.15, 0.2) is 0 Å². The third-order valence-electron chi connectivity index (χ3n) is 4.06. The summed E-state index contributed by atoms with van der Waals surface area (Å²) in [7, 11) is 0. The standard InChI is InChI=1S/C15H22BrNO/c16-13-4-6-14(7-5-13)18-11-10-15(12-17)8-2-1-3-9-15/h4-7H,1-3,8-12,17H2. The van der Waals surface area contributed by atoms with Crippen LogP contribution in [0, 0.1) is 5.41 Å². The van der Waals surface area contributed by atoms with Crippen molar-refractivity contribution in [1.82, 2.24) is 0 Å². The van der Waals surface area contributed by atoms with E-state index in [0.717, 1.165) is 29.8 Å². The Morgan fingerprint density at radius 1 is 1.11 bits per heavy atom. The topological polar surface area (TPSA) is 35.2 Å². The van der Waals surface area contributed by atoms with Crippen LogP contribution in [0.2, 0.25) is 0 Å². The lowest BCUT2D eigenvalue weighted by Crippen LogP contribution is -2.34. The molecule has 18 heavy (non-hydrogen) atoms. The molecule has 0 heterocycles. The molecule has 2 rings (SSSR count). The first-order chi connectivity index (χ1) is 8.74. The van der Waals surface area contributed by atoms with Crippen LogP contribution in [0.3, 0.4) is 0 Å². The van der Waals surface area contributed by atoms with E-state index < -0.39 is 0 Å². The molecule has 2 N–H and O–H groups in total. The van der Waals surface area contributed by atoms with Crippen molar-refractivity contribution in [2.75, 3.05) is 13.2 Å². The quantitative estimate of drug-likeness (QED) is 0.887. The van der Waals surface area contributed by atoms with Crippen LogP contribution in [-0.4, -0.2) is 13.2 Å². The molecule has 1 aromatic carbocycles. The Hall–Kier alpha value is -0.540. The summed E-state index contributed by atoms with van der Waals surface area (Å²) in [6, 6.07) is 8.02. The monoisotopic (exact) mass is 311 g/mol. The zero-order chi connectivity index (χ0) is 12.8. The second-order valence-electron chi connectivity index (χ2n) is 5.32. The van der Waals surface area contributed by atoms with Crippen LogP contribution < -0.4 is 10.5 Å². The molecule has 0 saturated heterocycles. The number of halogens is 1. The molecule has 0 spiro atoms. The lowest BCUT2D eigenvalue weighted by molar-refractivity contribution is 0.145. The Bertz CT molecular complexity index is 357. The number of benzene rings is 1. The summed E-state index contributed by atoms with van der Waals surface area (Å²) in [5.41, 5.74) is 6.32. The molecule has 0 unspecified atom stereocenters. The van der Waals surface area contributed by atoms with Crippen LogP contribution in [0.25, 0.3) is 0 Å². The molecule has 3 heteroatoms. The van der Waals surface area contributed by atoms with Gasteiger partial charge < -0.3 is 10.5 Å². The lowest BCUT2D eigenvalue weighted by Gasteiger charge is -2.36. The predicted octanol–water partition coefficient (Wildman–Crippen LogP) is 4.13. The molecule has 2 nitrogen and oxygen atoms in total. The van der Waals surface area contributed by atoms with Crippen molar-refractivity contribution < 1.29 is 4.74 Å². The third kappa shape index (κ3) is 3.72. The number of nitrogens with two attached hydrogens (primary N) is 1. The van der Waals surface area contributed by atoms with E-state index in [1.165, 1.54) is 32.1 Å². The SMILES string of the molecule is NCC1(CCOc2ccc(Br)cc2)CCCCC1. The normalized spacial score (nSPS) is 18.6. The molecule has 1 aliphatic carbocycles. The van der Waals surface area contributed by atoms with Crippen molar-refractivity contribution in [1.29, 1.82) is 0 Å². The van der Waals surface area contributed by atoms with Gasteiger partial charge in [-0.1, -0.05) is 35.2 Å². The van der Waals surface area contributed by atoms with Crippen molar-refractivity contribution in [3.63, 3.8) is 0 Å². The summed E-state index contributed by atoms with van der Waals surface area (Å²) in [4.78, 5) is 0. The number of ether oxygens (including phenoxy) is 1. The highest BCUT2D eigenvalue weighted by molar-refractivity contribution is 9.10. The fourth-order valence-corrected chi connectivity index (χ4v) is 3.04. The Labute approximate surface area is 118 Å². The largest absolute Gasteiger partial charge is 0.494 e. The van der Waals surface area contributed by atoms with Gasteiger partial charge in [-0.05, 0) is 55.5 Å². The summed E-state index contributed by atoms with van der Waals surface area (Å²) < 4.78 is 6.90. The van der Waals surface area contributed by atoms with Crippen LogP contribution >= 0.6 is 15.9 Å². The number of rotatable bonds is 5. The molecule has 100 valence electrons. The minimum absolute atomic E-state index is 0.341. The van der Waals surface area contributed by atoms with E-state index in [1.54, 1.807) is 0 Å². The highest BCUT2D eigenvalue weighted by Gasteiger charge is 2.30. The van der Waals surface area contributed by atoms with Crippen LogP contribution in [0.4, 0.5) is 0 Å². The molecule has 1 fully saturated rings. The molecule has 0 atom stereocenters. The van der Waals surface area contributed by atoms with Crippen molar-refractivity contribution in [2.45, 2.75) is 38.5 Å². The van der Waals surface area contributed by atoms with Gasteiger partial charge in [0, 0.05) is 4.47 Å². The molecule has 0 bridgehead atoms. The van der Waals surface area contributed by atoms with Crippen LogP contribution in [-0.2, 0) is 0 Å². The first-order valence-electron chi connectivity index (χ1n) is 6.83. The summed E-state index contributed by atoms with van der Waals surface area (Å²) in [6.07, 6.45) is 7.65. The Morgan fingerprint density at radius 3 is 2.39 bits per heavy atom. The fourth-order valence-electron chi connectivity index (χ4n) is 2.77. The zero-order valence-electron chi connectivity index (χ0n) is 10.8. The summed E-state index contributed by atoms with van der Waals surface area (Å²) >= 11 is 3.42. The minimum atomic E-state index is 0.341. The molecule has 1 aromatic rings. The first kappa shape index (κ1) is 13.9. The predicted molar refractivity (Wildman–Crippen MR) is 78.8 cm³/mol. The van der Waals surface area contributed by atoms with Gasteiger partial charge in [-0.2, -0.15) is 0 Å². The van der Waals surface area contributed by atoms with Crippen molar-refractivity contribution >= 4 is 15.9 Å². The fraction of sp³-hybridized carbons (Fsp3) is 0.600. The van der Waals surface area contributed by atoms with Gasteiger partial charge in [0.05, 0.1) is 6.61 Å². The van der Waals surface area contributed by atoms with E-state index in [4.69, 9.17) is 10.5 Å². The molecule has 0 aliphatic heterocycles. The van der Waals surface area contributed by atoms with Crippen LogP contribution in [0.5, 0.6) is 5.75 Å². The van der Waals surface area contributed by atoms with Gasteiger partial charge in [0.2, 0.25) is 0 Å². The Kier molecular flexibility index (Phi) is 5.07. The average molecular weight is 312 g/mol. The van der Waals surface area contributed by atoms with Gasteiger partial charge in [-0.25, -0.2) is 0 Å². The van der Waals surface area contributed by atoms with Gasteiger partial charge in [0.1, 0.15) is 5.75 Å². The Morgan fingerprint density at radius 2 is 1.78 bits per heavy atom. The van der Waals surface area contributed by atoms with Gasteiger partial charge >= 0.3 is 0 Å². The zero-order valence-corrected chi connectivity index (χ0v) is 12.4. The summed E-state index contributed by atoms with van der Waals surface area (Å²) in [6.45, 7) is 1.58. The highest BCUT2D eigenvalue weighted by atomic mass is 79.9. The molecule has 1 aliphatic rings. The minimum Gasteiger partial charge on any atom is -0.494 e. The van der Waals surface area contributed by atoms with Crippen molar-refractivity contribution in [3.8, 4) is 5.75 Å². The van der Waals surface area contributed by atoms with E-state index in [0.29, 0.717) is 5.41 Å². The van der Waals surface area contributed by atoms with Crippen molar-refractivity contribution in [3.05, 3.63) is 28.7 Å². The van der Waals surface area contributed by atoms with Gasteiger partial charge in [-0.3, -0.25) is 0 Å². The summed E-state index contributed by atoms with van der Waals surface area (Å²) in [5, 5.41) is 0. The maximum absolute atomic E-state index is 5.98. The van der Waals surface area contributed by atoms with E-state index in [2.05, 4.69) is 15.9 Å². The number of hydrogen-bond donors (Lipinski definition) is 1. The smallest absolute Gasteiger partial charge is 0.119 e. The van der Waals surface area contributed by atoms with E-state index in [1.807, 2.05) is 24.3 Å². The maximum atomic E-state index is 5.98. The van der Waals surface area contributed by atoms with E-state index >= 15 is 0 Å². The summed E-state index contributed by atoms with van der Waals surface area (Å²) in [5.74, 6) is 0.946. The first-order valence-corrected chi connectivity index (χ1v) is 7.62. The Balaban J connectivity index is 1.81. The highest BCUT2D eigenvalue weighted by Crippen LogP contribution is 2.38. The van der Waals surface area contributed by atoms with E-state index in [9.17, 15) is 0 Å². The molecule has 0 aromatic heterocycles. The second-order valence-corrected chi connectivity index (χ2v) is 6.23. The van der Waals surface area contributed by atoms with Gasteiger partial charge in [0.25, 0.3) is 0 Å². The average Bonchev–Trinajstić information content (AvgIpc) is 2.42. The van der Waals surface area contributed by atoms with E-state index in [-0.39, 0.29) is 0 Å². The molecular formula is C15H22BrNO.